The van der Waals surface area contributed by atoms with E-state index in [1.807, 2.05) is 6.08 Å². The highest BCUT2D eigenvalue weighted by Crippen LogP contribution is 2.37. The van der Waals surface area contributed by atoms with E-state index in [1.165, 1.54) is 41.1 Å². The lowest BCUT2D eigenvalue weighted by Crippen LogP contribution is -2.05. The topological polar surface area (TPSA) is 17.1 Å². The second-order valence-corrected chi connectivity index (χ2v) is 7.78. The van der Waals surface area contributed by atoms with Gasteiger partial charge in [0, 0.05) is 5.92 Å². The van der Waals surface area contributed by atoms with E-state index in [0.717, 1.165) is 24.7 Å². The summed E-state index contributed by atoms with van der Waals surface area (Å²) in [4.78, 5) is 10.8. The molecular weight excluding hydrogens is 299 g/mol. The Kier molecular flexibility index (Phi) is 5.91. The lowest BCUT2D eigenvalue weighted by molar-refractivity contribution is -0.109. The van der Waals surface area contributed by atoms with Gasteiger partial charge in [-0.05, 0) is 73.4 Å². The van der Waals surface area contributed by atoms with Crippen LogP contribution in [0.1, 0.15) is 40.5 Å². The monoisotopic (exact) mass is 324 g/mol. The fourth-order valence-electron chi connectivity index (χ4n) is 3.10. The molecular formula is C21H25OP. The van der Waals surface area contributed by atoms with E-state index in [0.29, 0.717) is 0 Å². The Morgan fingerprint density at radius 1 is 1.43 bits per heavy atom. The minimum atomic E-state index is 0.0412. The maximum Gasteiger partial charge on any atom is 0.127 e. The highest BCUT2D eigenvalue weighted by atomic mass is 31.1. The van der Waals surface area contributed by atoms with E-state index in [9.17, 15) is 4.79 Å². The van der Waals surface area contributed by atoms with Crippen molar-refractivity contribution < 1.29 is 4.79 Å². The van der Waals surface area contributed by atoms with Gasteiger partial charge in [0.1, 0.15) is 6.29 Å². The van der Waals surface area contributed by atoms with Crippen molar-refractivity contribution in [3.8, 4) is 0 Å². The SMILES string of the molecule is C=C(/C=C(/C)C/C(=C\C)C1=CCC(C=O)C=C1)C1=C(C)P=C1C. The summed E-state index contributed by atoms with van der Waals surface area (Å²) in [6.45, 7) is 12.8. The van der Waals surface area contributed by atoms with E-state index in [2.05, 4.69) is 58.6 Å². The minimum absolute atomic E-state index is 0.0412. The van der Waals surface area contributed by atoms with E-state index < -0.39 is 0 Å². The molecule has 1 nitrogen and oxygen atoms in total. The molecule has 0 saturated carbocycles. The van der Waals surface area contributed by atoms with Crippen LogP contribution in [0.2, 0.25) is 0 Å². The standard InChI is InChI=1S/C21H25OP/c1-6-19(20-9-7-18(13-22)8-10-20)12-14(2)11-15(3)21-16(4)23-17(21)5/h6-7,9-11,13,18H,3,8,12H2,1-2,4-5H3/b14-11-,19-6+. The van der Waals surface area contributed by atoms with Gasteiger partial charge < -0.3 is 4.79 Å². The molecule has 0 fully saturated rings. The van der Waals surface area contributed by atoms with Gasteiger partial charge in [-0.2, -0.15) is 0 Å². The molecule has 1 atom stereocenters. The highest BCUT2D eigenvalue weighted by molar-refractivity contribution is 7.49. The van der Waals surface area contributed by atoms with Crippen molar-refractivity contribution in [3.63, 3.8) is 0 Å². The lowest BCUT2D eigenvalue weighted by Gasteiger charge is -2.20. The van der Waals surface area contributed by atoms with Gasteiger partial charge in [0.2, 0.25) is 0 Å². The number of carbonyl (C=O) groups is 1. The molecule has 2 heteroatoms. The number of carbonyl (C=O) groups excluding carboxylic acids is 1. The predicted octanol–water partition coefficient (Wildman–Crippen LogP) is 5.95. The molecule has 120 valence electrons. The van der Waals surface area contributed by atoms with Crippen molar-refractivity contribution in [2.24, 2.45) is 5.92 Å². The lowest BCUT2D eigenvalue weighted by atomic mass is 9.90. The molecule has 0 saturated heterocycles. The molecule has 2 aliphatic rings. The third kappa shape index (κ3) is 4.18. The molecule has 1 aliphatic carbocycles. The summed E-state index contributed by atoms with van der Waals surface area (Å²) in [5, 5.41) is 2.83. The van der Waals surface area contributed by atoms with Crippen LogP contribution in [0, 0.1) is 5.92 Å². The van der Waals surface area contributed by atoms with Gasteiger partial charge in [-0.25, -0.2) is 0 Å². The molecule has 0 bridgehead atoms. The number of hydrogen-bond acceptors (Lipinski definition) is 1. The Labute approximate surface area is 141 Å². The second kappa shape index (κ2) is 7.70. The normalized spacial score (nSPS) is 22.3. The van der Waals surface area contributed by atoms with Crippen LogP contribution in [0.15, 0.2) is 70.1 Å². The van der Waals surface area contributed by atoms with Crippen LogP contribution in [0.3, 0.4) is 0 Å². The van der Waals surface area contributed by atoms with Gasteiger partial charge in [-0.15, -0.1) is 0 Å². The first-order valence-corrected chi connectivity index (χ1v) is 8.98. The van der Waals surface area contributed by atoms with Gasteiger partial charge in [-0.1, -0.05) is 50.7 Å². The van der Waals surface area contributed by atoms with Crippen molar-refractivity contribution in [3.05, 3.63) is 70.1 Å². The van der Waals surface area contributed by atoms with Crippen molar-refractivity contribution in [2.45, 2.75) is 40.5 Å². The number of aldehydes is 1. The Morgan fingerprint density at radius 3 is 2.65 bits per heavy atom. The third-order valence-corrected chi connectivity index (χ3v) is 5.42. The third-order valence-electron chi connectivity index (χ3n) is 4.30. The van der Waals surface area contributed by atoms with Crippen LogP contribution in [0.25, 0.3) is 0 Å². The average Bonchev–Trinajstić information content (AvgIpc) is 2.52. The Bertz CT molecular complexity index is 708. The first kappa shape index (κ1) is 17.6. The van der Waals surface area contributed by atoms with Gasteiger partial charge >= 0.3 is 0 Å². The summed E-state index contributed by atoms with van der Waals surface area (Å²) < 4.78 is 0. The van der Waals surface area contributed by atoms with E-state index in [4.69, 9.17) is 0 Å². The summed E-state index contributed by atoms with van der Waals surface area (Å²) in [5.41, 5.74) is 6.33. The van der Waals surface area contributed by atoms with Crippen LogP contribution in [-0.4, -0.2) is 11.6 Å². The zero-order valence-corrected chi connectivity index (χ0v) is 15.4. The molecule has 0 radical (unpaired) electrons. The van der Waals surface area contributed by atoms with Gasteiger partial charge in [-0.3, -0.25) is 0 Å². The summed E-state index contributed by atoms with van der Waals surface area (Å²) in [6, 6.07) is 0. The summed E-state index contributed by atoms with van der Waals surface area (Å²) in [5.74, 6) is 0.0412. The summed E-state index contributed by atoms with van der Waals surface area (Å²) >= 11 is 0. The quantitative estimate of drug-likeness (QED) is 0.335. The van der Waals surface area contributed by atoms with Crippen molar-refractivity contribution >= 4 is 19.8 Å². The smallest absolute Gasteiger partial charge is 0.127 e. The number of allylic oxidation sites excluding steroid dienone is 11. The van der Waals surface area contributed by atoms with E-state index in [-0.39, 0.29) is 5.92 Å². The van der Waals surface area contributed by atoms with E-state index in [1.54, 1.807) is 0 Å². The maximum absolute atomic E-state index is 10.8. The van der Waals surface area contributed by atoms with E-state index >= 15 is 0 Å². The fourth-order valence-corrected chi connectivity index (χ4v) is 4.29. The average molecular weight is 324 g/mol. The Balaban J connectivity index is 2.05. The first-order chi connectivity index (χ1) is 11.0. The number of hydrogen-bond donors (Lipinski definition) is 0. The van der Waals surface area contributed by atoms with Gasteiger partial charge in [0.05, 0.1) is 0 Å². The molecule has 0 amide bonds. The zero-order valence-electron chi connectivity index (χ0n) is 14.5. The van der Waals surface area contributed by atoms with Crippen LogP contribution in [0.4, 0.5) is 0 Å². The molecule has 0 spiro atoms. The summed E-state index contributed by atoms with van der Waals surface area (Å²) in [6.07, 6.45) is 13.4. The molecule has 1 unspecified atom stereocenters. The largest absolute Gasteiger partial charge is 0.303 e. The predicted molar refractivity (Wildman–Crippen MR) is 103 cm³/mol. The molecule has 0 aromatic heterocycles. The van der Waals surface area contributed by atoms with Crippen molar-refractivity contribution in [2.75, 3.05) is 0 Å². The van der Waals surface area contributed by atoms with Crippen molar-refractivity contribution in [1.29, 1.82) is 0 Å². The molecule has 0 aromatic rings. The highest BCUT2D eigenvalue weighted by Gasteiger charge is 2.16. The molecule has 2 rings (SSSR count). The van der Waals surface area contributed by atoms with Gasteiger partial charge in [0.15, 0.2) is 0 Å². The second-order valence-electron chi connectivity index (χ2n) is 6.22. The van der Waals surface area contributed by atoms with Crippen LogP contribution in [0.5, 0.6) is 0 Å². The maximum atomic E-state index is 10.8. The van der Waals surface area contributed by atoms with Crippen LogP contribution < -0.4 is 0 Å². The van der Waals surface area contributed by atoms with Crippen molar-refractivity contribution in [1.82, 2.24) is 0 Å². The molecule has 1 heterocycles. The molecule has 23 heavy (non-hydrogen) atoms. The van der Waals surface area contributed by atoms with Crippen LogP contribution in [-0.2, 0) is 4.79 Å². The molecule has 0 aromatic carbocycles. The fraction of sp³-hybridized carbons (Fsp3) is 0.333. The molecule has 1 aliphatic heterocycles. The minimum Gasteiger partial charge on any atom is -0.303 e. The first-order valence-electron chi connectivity index (χ1n) is 8.08. The Morgan fingerprint density at radius 2 is 2.17 bits per heavy atom. The zero-order chi connectivity index (χ0) is 17.0. The Hall–Kier alpha value is -1.72. The number of rotatable bonds is 6. The molecule has 0 N–H and O–H groups in total. The summed E-state index contributed by atoms with van der Waals surface area (Å²) in [7, 11) is 1.36. The van der Waals surface area contributed by atoms with Crippen LogP contribution >= 0.6 is 8.20 Å². The van der Waals surface area contributed by atoms with Gasteiger partial charge in [0.25, 0.3) is 0 Å².